The minimum absolute atomic E-state index is 0.0438. The fourth-order valence-electron chi connectivity index (χ4n) is 4.03. The monoisotopic (exact) mass is 463 g/mol. The number of benzene rings is 2. The molecule has 0 radical (unpaired) electrons. The van der Waals surface area contributed by atoms with E-state index in [-0.39, 0.29) is 42.5 Å². The number of hydrogen-bond acceptors (Lipinski definition) is 5. The third-order valence-corrected chi connectivity index (χ3v) is 5.68. The van der Waals surface area contributed by atoms with Crippen LogP contribution in [0.15, 0.2) is 70.3 Å². The normalized spacial score (nSPS) is 11.9. The van der Waals surface area contributed by atoms with Gasteiger partial charge in [-0.25, -0.2) is 4.79 Å². The van der Waals surface area contributed by atoms with Crippen molar-refractivity contribution in [2.24, 2.45) is 5.92 Å². The molecule has 0 spiro atoms. The van der Waals surface area contributed by atoms with Crippen LogP contribution in [-0.2, 0) is 11.3 Å². The van der Waals surface area contributed by atoms with Gasteiger partial charge in [0.05, 0.1) is 19.1 Å². The lowest BCUT2D eigenvalue weighted by atomic mass is 9.96. The second-order valence-electron chi connectivity index (χ2n) is 8.69. The highest BCUT2D eigenvalue weighted by Gasteiger charge is 2.23. The van der Waals surface area contributed by atoms with Gasteiger partial charge in [0.2, 0.25) is 5.91 Å². The van der Waals surface area contributed by atoms with Gasteiger partial charge in [-0.15, -0.1) is 0 Å². The van der Waals surface area contributed by atoms with Gasteiger partial charge >= 0.3 is 5.69 Å². The average Bonchev–Trinajstić information content (AvgIpc) is 2.81. The highest BCUT2D eigenvalue weighted by atomic mass is 16.2. The van der Waals surface area contributed by atoms with E-state index in [0.717, 1.165) is 11.1 Å². The van der Waals surface area contributed by atoms with Crippen molar-refractivity contribution in [1.82, 2.24) is 14.9 Å². The maximum absolute atomic E-state index is 13.1. The Hall–Kier alpha value is -3.81. The van der Waals surface area contributed by atoms with Gasteiger partial charge in [-0.1, -0.05) is 81.4 Å². The molecule has 1 amide bonds. The van der Waals surface area contributed by atoms with Crippen LogP contribution in [0.1, 0.15) is 44.4 Å². The summed E-state index contributed by atoms with van der Waals surface area (Å²) in [4.78, 5) is 42.4. The van der Waals surface area contributed by atoms with Gasteiger partial charge in [0, 0.05) is 6.54 Å². The first-order valence-electron chi connectivity index (χ1n) is 11.6. The number of carbonyl (C=O) groups is 1. The Bertz CT molecular complexity index is 1200. The number of amides is 1. The van der Waals surface area contributed by atoms with E-state index in [4.69, 9.17) is 5.73 Å². The molecule has 34 heavy (non-hydrogen) atoms. The van der Waals surface area contributed by atoms with Gasteiger partial charge in [-0.2, -0.15) is 0 Å². The molecule has 1 atom stereocenters. The number of H-pyrrole nitrogens is 1. The van der Waals surface area contributed by atoms with Crippen molar-refractivity contribution in [2.75, 3.05) is 23.7 Å². The van der Waals surface area contributed by atoms with E-state index >= 15 is 0 Å². The number of aromatic amines is 1. The van der Waals surface area contributed by atoms with Crippen molar-refractivity contribution >= 4 is 17.4 Å². The number of hydrogen-bond donors (Lipinski definition) is 3. The van der Waals surface area contributed by atoms with Crippen LogP contribution in [0.5, 0.6) is 0 Å². The third-order valence-electron chi connectivity index (χ3n) is 5.68. The third kappa shape index (κ3) is 5.95. The fraction of sp³-hybridized carbons (Fsp3) is 0.346. The summed E-state index contributed by atoms with van der Waals surface area (Å²) in [5, 5.41) is 3.09. The zero-order valence-electron chi connectivity index (χ0n) is 20.0. The van der Waals surface area contributed by atoms with Crippen LogP contribution in [0.4, 0.5) is 11.5 Å². The molecule has 2 aromatic carbocycles. The molecule has 0 aliphatic rings. The first-order chi connectivity index (χ1) is 16.3. The Morgan fingerprint density at radius 1 is 1.06 bits per heavy atom. The van der Waals surface area contributed by atoms with Gasteiger partial charge in [-0.05, 0) is 23.5 Å². The number of aromatic nitrogens is 2. The summed E-state index contributed by atoms with van der Waals surface area (Å²) < 4.78 is 1.33. The standard InChI is InChI=1S/C26H33N5O3/c1-4-15-30(17-21(32)28-22(18(2)3)20-13-9-6-10-14-20)23-24(27)31(26(34)29-25(23)33)16-19-11-7-5-8-12-19/h5-14,18,22H,4,15-17,27H2,1-3H3,(H,28,32)(H,29,33,34). The smallest absolute Gasteiger partial charge is 0.330 e. The van der Waals surface area contributed by atoms with Gasteiger partial charge in [0.15, 0.2) is 0 Å². The van der Waals surface area contributed by atoms with E-state index in [9.17, 15) is 14.4 Å². The van der Waals surface area contributed by atoms with Gasteiger partial charge < -0.3 is 16.0 Å². The predicted octanol–water partition coefficient (Wildman–Crippen LogP) is 2.90. The summed E-state index contributed by atoms with van der Waals surface area (Å²) in [6.45, 7) is 6.64. The summed E-state index contributed by atoms with van der Waals surface area (Å²) in [5.74, 6) is -0.00911. The quantitative estimate of drug-likeness (QED) is 0.428. The van der Waals surface area contributed by atoms with Crippen LogP contribution in [0, 0.1) is 5.92 Å². The number of anilines is 2. The number of carbonyl (C=O) groups excluding carboxylic acids is 1. The van der Waals surface area contributed by atoms with E-state index in [2.05, 4.69) is 10.3 Å². The Kier molecular flexibility index (Phi) is 8.29. The van der Waals surface area contributed by atoms with Crippen LogP contribution >= 0.6 is 0 Å². The molecule has 1 unspecified atom stereocenters. The van der Waals surface area contributed by atoms with Gasteiger partial charge in [0.25, 0.3) is 5.56 Å². The van der Waals surface area contributed by atoms with Crippen molar-refractivity contribution in [1.29, 1.82) is 0 Å². The van der Waals surface area contributed by atoms with E-state index < -0.39 is 11.2 Å². The molecule has 0 saturated heterocycles. The van der Waals surface area contributed by atoms with Crippen LogP contribution in [-0.4, -0.2) is 28.5 Å². The second kappa shape index (κ2) is 11.4. The number of nitrogens with one attached hydrogen (secondary N) is 2. The highest BCUT2D eigenvalue weighted by Crippen LogP contribution is 2.22. The van der Waals surface area contributed by atoms with Crippen molar-refractivity contribution in [3.8, 4) is 0 Å². The molecule has 0 bridgehead atoms. The van der Waals surface area contributed by atoms with E-state index in [0.29, 0.717) is 13.0 Å². The van der Waals surface area contributed by atoms with Crippen LogP contribution in [0.3, 0.4) is 0 Å². The topological polar surface area (TPSA) is 113 Å². The maximum Gasteiger partial charge on any atom is 0.330 e. The molecule has 0 saturated carbocycles. The summed E-state index contributed by atoms with van der Waals surface area (Å²) in [6.07, 6.45) is 0.691. The van der Waals surface area contributed by atoms with Crippen molar-refractivity contribution < 1.29 is 4.79 Å². The lowest BCUT2D eigenvalue weighted by molar-refractivity contribution is -0.120. The first-order valence-corrected chi connectivity index (χ1v) is 11.6. The van der Waals surface area contributed by atoms with Crippen molar-refractivity contribution in [3.05, 3.63) is 92.6 Å². The average molecular weight is 464 g/mol. The van der Waals surface area contributed by atoms with Crippen LogP contribution < -0.4 is 27.2 Å². The van der Waals surface area contributed by atoms with Crippen molar-refractivity contribution in [2.45, 2.75) is 39.8 Å². The molecule has 3 aromatic rings. The number of nitrogens with zero attached hydrogens (tertiary/aromatic N) is 2. The van der Waals surface area contributed by atoms with E-state index in [1.54, 1.807) is 4.90 Å². The lowest BCUT2D eigenvalue weighted by Gasteiger charge is -2.28. The van der Waals surface area contributed by atoms with Crippen LogP contribution in [0.25, 0.3) is 0 Å². The molecule has 8 nitrogen and oxygen atoms in total. The highest BCUT2D eigenvalue weighted by molar-refractivity contribution is 5.83. The summed E-state index contributed by atoms with van der Waals surface area (Å²) in [7, 11) is 0. The molecule has 0 aliphatic carbocycles. The summed E-state index contributed by atoms with van der Waals surface area (Å²) >= 11 is 0. The molecular weight excluding hydrogens is 430 g/mol. The van der Waals surface area contributed by atoms with Crippen molar-refractivity contribution in [3.63, 3.8) is 0 Å². The van der Waals surface area contributed by atoms with Gasteiger partial charge in [0.1, 0.15) is 11.5 Å². The molecule has 0 aliphatic heterocycles. The maximum atomic E-state index is 13.1. The summed E-state index contributed by atoms with van der Waals surface area (Å²) in [6, 6.07) is 19.0. The number of nitrogens with two attached hydrogens (primary N) is 1. The van der Waals surface area contributed by atoms with E-state index in [1.807, 2.05) is 81.4 Å². The Balaban J connectivity index is 1.89. The zero-order chi connectivity index (χ0) is 24.7. The van der Waals surface area contributed by atoms with Crippen LogP contribution in [0.2, 0.25) is 0 Å². The molecule has 4 N–H and O–H groups in total. The summed E-state index contributed by atoms with van der Waals surface area (Å²) in [5.41, 5.74) is 7.19. The molecular formula is C26H33N5O3. The minimum Gasteiger partial charge on any atom is -0.383 e. The first kappa shape index (κ1) is 24.8. The number of nitrogen functional groups attached to an aromatic ring is 1. The molecule has 1 heterocycles. The van der Waals surface area contributed by atoms with E-state index in [1.165, 1.54) is 4.57 Å². The molecule has 0 fully saturated rings. The lowest BCUT2D eigenvalue weighted by Crippen LogP contribution is -2.44. The zero-order valence-corrected chi connectivity index (χ0v) is 20.0. The Morgan fingerprint density at radius 2 is 1.68 bits per heavy atom. The largest absolute Gasteiger partial charge is 0.383 e. The SMILES string of the molecule is CCCN(CC(=O)NC(c1ccccc1)C(C)C)c1c(N)n(Cc2ccccc2)c(=O)[nH]c1=O. The molecule has 3 rings (SSSR count). The Morgan fingerprint density at radius 3 is 2.26 bits per heavy atom. The molecule has 180 valence electrons. The second-order valence-corrected chi connectivity index (χ2v) is 8.69. The molecule has 1 aromatic heterocycles. The minimum atomic E-state index is -0.600. The predicted molar refractivity (Wildman–Crippen MR) is 136 cm³/mol. The fourth-order valence-corrected chi connectivity index (χ4v) is 4.03. The number of rotatable bonds is 10. The van der Waals surface area contributed by atoms with Gasteiger partial charge in [-0.3, -0.25) is 19.1 Å². The molecule has 8 heteroatoms. The Labute approximate surface area is 199 Å².